The Labute approximate surface area is 182 Å². The average molecular weight is 420 g/mol. The van der Waals surface area contributed by atoms with Crippen molar-refractivity contribution in [2.24, 2.45) is 29.6 Å². The lowest BCUT2D eigenvalue weighted by Gasteiger charge is -2.54. The fourth-order valence-electron chi connectivity index (χ4n) is 7.16. The van der Waals surface area contributed by atoms with E-state index in [0.717, 1.165) is 36.1 Å². The first kappa shape index (κ1) is 19.1. The number of carbonyl (C=O) groups excluding carboxylic acids is 1. The summed E-state index contributed by atoms with van der Waals surface area (Å²) in [5.41, 5.74) is 2.13. The van der Waals surface area contributed by atoms with Crippen LogP contribution < -0.4 is 5.32 Å². The summed E-state index contributed by atoms with van der Waals surface area (Å²) in [7, 11) is 0. The Hall–Kier alpha value is -2.63. The van der Waals surface area contributed by atoms with Crippen LogP contribution in [-0.4, -0.2) is 32.8 Å². The molecule has 6 nitrogen and oxygen atoms in total. The monoisotopic (exact) mass is 419 g/mol. The van der Waals surface area contributed by atoms with E-state index in [0.29, 0.717) is 17.9 Å². The second kappa shape index (κ2) is 7.21. The molecule has 5 saturated carbocycles. The van der Waals surface area contributed by atoms with Crippen molar-refractivity contribution < 1.29 is 14.7 Å². The van der Waals surface area contributed by atoms with Gasteiger partial charge in [-0.3, -0.25) is 4.79 Å². The van der Waals surface area contributed by atoms with E-state index in [9.17, 15) is 9.59 Å². The van der Waals surface area contributed by atoms with E-state index in [2.05, 4.69) is 10.4 Å². The first-order valence-corrected chi connectivity index (χ1v) is 11.7. The molecule has 0 radical (unpaired) electrons. The first-order chi connectivity index (χ1) is 15.1. The molecule has 0 aliphatic heterocycles. The predicted octanol–water partition coefficient (Wildman–Crippen LogP) is 4.01. The van der Waals surface area contributed by atoms with Crippen LogP contribution in [0.5, 0.6) is 0 Å². The number of aromatic nitrogens is 2. The van der Waals surface area contributed by atoms with Crippen LogP contribution in [0.15, 0.2) is 36.5 Å². The Morgan fingerprint density at radius 1 is 0.935 bits per heavy atom. The number of benzene rings is 1. The van der Waals surface area contributed by atoms with Crippen molar-refractivity contribution in [3.63, 3.8) is 0 Å². The summed E-state index contributed by atoms with van der Waals surface area (Å²) >= 11 is 0. The summed E-state index contributed by atoms with van der Waals surface area (Å²) in [4.78, 5) is 24.4. The smallest absolute Gasteiger partial charge is 0.335 e. The molecular formula is C25H29N3O3. The van der Waals surface area contributed by atoms with Crippen LogP contribution in [0.4, 0.5) is 0 Å². The molecule has 2 aromatic rings. The van der Waals surface area contributed by atoms with Crippen molar-refractivity contribution >= 4 is 11.9 Å². The number of rotatable bonds is 5. The van der Waals surface area contributed by atoms with Crippen molar-refractivity contribution in [3.05, 3.63) is 47.8 Å². The molecule has 162 valence electrons. The van der Waals surface area contributed by atoms with Gasteiger partial charge in [-0.1, -0.05) is 0 Å². The second-order valence-electron chi connectivity index (χ2n) is 10.3. The van der Waals surface area contributed by atoms with Crippen LogP contribution in [0.1, 0.15) is 66.9 Å². The van der Waals surface area contributed by atoms with Gasteiger partial charge in [0.2, 0.25) is 5.91 Å². The molecule has 0 spiro atoms. The molecule has 2 atom stereocenters. The van der Waals surface area contributed by atoms with Gasteiger partial charge in [0.05, 0.1) is 11.3 Å². The molecular weight excluding hydrogens is 390 g/mol. The van der Waals surface area contributed by atoms with Gasteiger partial charge in [-0.05, 0) is 98.9 Å². The standard InChI is InChI=1S/C25H29N3O3/c29-24(27-23-17-10-14-9-15(12-17)13-18(23)11-14)21-6-5-20(21)22-7-8-26-28(22)19-3-1-16(2-4-19)25(30)31/h1-4,7-8,14-15,17-18,20-21,23H,5-6,9-13H2,(H,27,29)(H,30,31). The molecule has 6 heteroatoms. The third-order valence-corrected chi connectivity index (χ3v) is 8.56. The minimum absolute atomic E-state index is 0.00549. The zero-order chi connectivity index (χ0) is 21.1. The Bertz CT molecular complexity index is 983. The number of hydrogen-bond acceptors (Lipinski definition) is 3. The van der Waals surface area contributed by atoms with Crippen LogP contribution in [0, 0.1) is 29.6 Å². The molecule has 5 aliphatic carbocycles. The van der Waals surface area contributed by atoms with Crippen LogP contribution in [-0.2, 0) is 4.79 Å². The van der Waals surface area contributed by atoms with Gasteiger partial charge < -0.3 is 10.4 Å². The number of nitrogens with one attached hydrogen (secondary N) is 1. The molecule has 1 aromatic heterocycles. The van der Waals surface area contributed by atoms with Gasteiger partial charge in [0, 0.05) is 29.8 Å². The van der Waals surface area contributed by atoms with Crippen molar-refractivity contribution in [2.45, 2.75) is 56.9 Å². The Kier molecular flexibility index (Phi) is 4.44. The number of amides is 1. The van der Waals surface area contributed by atoms with Gasteiger partial charge in [0.1, 0.15) is 0 Å². The SMILES string of the molecule is O=C(O)c1ccc(-n2nccc2C2CCC2C(=O)NC2C3CC4CC(C3)CC2C4)cc1. The topological polar surface area (TPSA) is 84.2 Å². The number of aromatic carboxylic acids is 1. The number of carbonyl (C=O) groups is 2. The van der Waals surface area contributed by atoms with Gasteiger partial charge in [-0.2, -0.15) is 5.10 Å². The van der Waals surface area contributed by atoms with Crippen molar-refractivity contribution in [1.82, 2.24) is 15.1 Å². The zero-order valence-electron chi connectivity index (χ0n) is 17.6. The highest BCUT2D eigenvalue weighted by Crippen LogP contribution is 2.54. The molecule has 5 aliphatic rings. The summed E-state index contributed by atoms with van der Waals surface area (Å²) in [5.74, 6) is 2.66. The summed E-state index contributed by atoms with van der Waals surface area (Å²) in [6.45, 7) is 0. The lowest BCUT2D eigenvalue weighted by molar-refractivity contribution is -0.132. The van der Waals surface area contributed by atoms with Crippen molar-refractivity contribution in [1.29, 1.82) is 0 Å². The van der Waals surface area contributed by atoms with Gasteiger partial charge in [-0.25, -0.2) is 9.48 Å². The zero-order valence-corrected chi connectivity index (χ0v) is 17.6. The molecule has 1 heterocycles. The minimum atomic E-state index is -0.937. The highest BCUT2D eigenvalue weighted by atomic mass is 16.4. The number of carboxylic acid groups (broad SMARTS) is 1. The Morgan fingerprint density at radius 3 is 2.19 bits per heavy atom. The molecule has 5 fully saturated rings. The quantitative estimate of drug-likeness (QED) is 0.767. The van der Waals surface area contributed by atoms with Crippen molar-refractivity contribution in [2.75, 3.05) is 0 Å². The van der Waals surface area contributed by atoms with E-state index in [1.54, 1.807) is 30.5 Å². The molecule has 1 amide bonds. The Balaban J connectivity index is 1.17. The molecule has 2 N–H and O–H groups in total. The third kappa shape index (κ3) is 3.19. The van der Waals surface area contributed by atoms with Crippen LogP contribution in [0.2, 0.25) is 0 Å². The van der Waals surface area contributed by atoms with Crippen LogP contribution in [0.3, 0.4) is 0 Å². The van der Waals surface area contributed by atoms with E-state index >= 15 is 0 Å². The van der Waals surface area contributed by atoms with E-state index in [1.807, 2.05) is 10.7 Å². The predicted molar refractivity (Wildman–Crippen MR) is 115 cm³/mol. The van der Waals surface area contributed by atoms with Crippen molar-refractivity contribution in [3.8, 4) is 5.69 Å². The molecule has 7 rings (SSSR count). The largest absolute Gasteiger partial charge is 0.478 e. The van der Waals surface area contributed by atoms with E-state index in [1.165, 1.54) is 32.1 Å². The van der Waals surface area contributed by atoms with E-state index in [4.69, 9.17) is 5.11 Å². The highest BCUT2D eigenvalue weighted by Gasteiger charge is 2.50. The number of nitrogens with zero attached hydrogens (tertiary/aromatic N) is 2. The third-order valence-electron chi connectivity index (χ3n) is 8.56. The number of carboxylic acids is 1. The lowest BCUT2D eigenvalue weighted by atomic mass is 9.54. The second-order valence-corrected chi connectivity index (χ2v) is 10.3. The first-order valence-electron chi connectivity index (χ1n) is 11.7. The summed E-state index contributed by atoms with van der Waals surface area (Å²) in [6, 6.07) is 9.14. The molecule has 31 heavy (non-hydrogen) atoms. The maximum absolute atomic E-state index is 13.3. The maximum Gasteiger partial charge on any atom is 0.335 e. The summed E-state index contributed by atoms with van der Waals surface area (Å²) < 4.78 is 1.86. The fraction of sp³-hybridized carbons (Fsp3) is 0.560. The summed E-state index contributed by atoms with van der Waals surface area (Å²) in [6.07, 6.45) is 10.3. The van der Waals surface area contributed by atoms with E-state index < -0.39 is 5.97 Å². The van der Waals surface area contributed by atoms with Crippen LogP contribution in [0.25, 0.3) is 5.69 Å². The maximum atomic E-state index is 13.3. The van der Waals surface area contributed by atoms with Gasteiger partial charge >= 0.3 is 5.97 Å². The van der Waals surface area contributed by atoms with Crippen LogP contribution >= 0.6 is 0 Å². The molecule has 4 bridgehead atoms. The van der Waals surface area contributed by atoms with Gasteiger partial charge in [0.25, 0.3) is 0 Å². The molecule has 2 unspecified atom stereocenters. The normalized spacial score (nSPS) is 35.5. The summed E-state index contributed by atoms with van der Waals surface area (Å²) in [5, 5.41) is 17.1. The van der Waals surface area contributed by atoms with Gasteiger partial charge in [-0.15, -0.1) is 0 Å². The Morgan fingerprint density at radius 2 is 1.61 bits per heavy atom. The molecule has 0 saturated heterocycles. The average Bonchev–Trinajstić information content (AvgIpc) is 3.18. The molecule has 1 aromatic carbocycles. The number of hydrogen-bond donors (Lipinski definition) is 2. The van der Waals surface area contributed by atoms with E-state index in [-0.39, 0.29) is 23.3 Å². The minimum Gasteiger partial charge on any atom is -0.478 e. The van der Waals surface area contributed by atoms with Gasteiger partial charge in [0.15, 0.2) is 0 Å². The lowest BCUT2D eigenvalue weighted by Crippen LogP contribution is -2.57. The highest BCUT2D eigenvalue weighted by molar-refractivity contribution is 5.87. The fourth-order valence-corrected chi connectivity index (χ4v) is 7.16.